The zero-order valence-corrected chi connectivity index (χ0v) is 11.3. The summed E-state index contributed by atoms with van der Waals surface area (Å²) in [7, 11) is 0. The van der Waals surface area contributed by atoms with Crippen LogP contribution in [0.4, 0.5) is 0 Å². The van der Waals surface area contributed by atoms with Crippen LogP contribution < -0.4 is 0 Å². The van der Waals surface area contributed by atoms with Gasteiger partial charge in [0.25, 0.3) is 0 Å². The maximum absolute atomic E-state index is 5.87. The molecule has 0 spiro atoms. The van der Waals surface area contributed by atoms with Crippen LogP contribution in [0.1, 0.15) is 11.1 Å². The Morgan fingerprint density at radius 2 is 1.62 bits per heavy atom. The zero-order chi connectivity index (χ0) is 14.1. The third kappa shape index (κ3) is 2.07. The highest BCUT2D eigenvalue weighted by Crippen LogP contribution is 2.30. The zero-order valence-electron chi connectivity index (χ0n) is 11.3. The second kappa shape index (κ2) is 4.85. The second-order valence-electron chi connectivity index (χ2n) is 4.80. The molecule has 21 heavy (non-hydrogen) atoms. The summed E-state index contributed by atoms with van der Waals surface area (Å²) in [6.07, 6.45) is 0. The van der Waals surface area contributed by atoms with Gasteiger partial charge in [0.05, 0.1) is 0 Å². The van der Waals surface area contributed by atoms with Crippen LogP contribution in [0.25, 0.3) is 21.9 Å². The molecule has 0 bridgehead atoms. The predicted octanol–water partition coefficient (Wildman–Crippen LogP) is 4.79. The standard InChI is InChI=1S/C20H11O/c1-2-7-15(8-3-1)13-14-16-9-6-12-19-20(16)17-10-4-5-11-18(17)21-19/h1-7,9-12H. The van der Waals surface area contributed by atoms with E-state index in [2.05, 4.69) is 24.0 Å². The molecule has 1 heteroatoms. The molecule has 1 nitrogen and oxygen atoms in total. The molecule has 0 N–H and O–H groups in total. The van der Waals surface area contributed by atoms with Gasteiger partial charge in [-0.2, -0.15) is 0 Å². The van der Waals surface area contributed by atoms with Gasteiger partial charge in [0.2, 0.25) is 0 Å². The van der Waals surface area contributed by atoms with E-state index in [4.69, 9.17) is 4.42 Å². The van der Waals surface area contributed by atoms with Gasteiger partial charge in [-0.25, -0.2) is 0 Å². The number of rotatable bonds is 0. The number of furan rings is 1. The van der Waals surface area contributed by atoms with Crippen LogP contribution >= 0.6 is 0 Å². The molecule has 4 rings (SSSR count). The molecule has 97 valence electrons. The van der Waals surface area contributed by atoms with E-state index in [9.17, 15) is 0 Å². The average Bonchev–Trinajstić information content (AvgIpc) is 2.93. The van der Waals surface area contributed by atoms with E-state index in [-0.39, 0.29) is 0 Å². The van der Waals surface area contributed by atoms with E-state index >= 15 is 0 Å². The normalized spacial score (nSPS) is 10.5. The van der Waals surface area contributed by atoms with Crippen LogP contribution in [0.5, 0.6) is 0 Å². The van der Waals surface area contributed by atoms with Crippen LogP contribution in [0.3, 0.4) is 0 Å². The minimum atomic E-state index is 0.875. The molecular weight excluding hydrogens is 256 g/mol. The maximum Gasteiger partial charge on any atom is 0.136 e. The van der Waals surface area contributed by atoms with Crippen molar-refractivity contribution in [2.45, 2.75) is 0 Å². The fourth-order valence-electron chi connectivity index (χ4n) is 2.48. The highest BCUT2D eigenvalue weighted by molar-refractivity contribution is 6.07. The van der Waals surface area contributed by atoms with Gasteiger partial charge in [0.15, 0.2) is 0 Å². The van der Waals surface area contributed by atoms with Crippen molar-refractivity contribution in [3.8, 4) is 11.8 Å². The summed E-state index contributed by atoms with van der Waals surface area (Å²) < 4.78 is 5.87. The number of hydrogen-bond acceptors (Lipinski definition) is 1. The lowest BCUT2D eigenvalue weighted by Gasteiger charge is -1.94. The number of para-hydroxylation sites is 1. The van der Waals surface area contributed by atoms with Gasteiger partial charge in [-0.05, 0) is 30.3 Å². The molecule has 0 amide bonds. The van der Waals surface area contributed by atoms with E-state index < -0.39 is 0 Å². The van der Waals surface area contributed by atoms with E-state index in [1.807, 2.05) is 60.7 Å². The van der Waals surface area contributed by atoms with Gasteiger partial charge in [-0.15, -0.1) is 0 Å². The molecule has 0 fully saturated rings. The fraction of sp³-hybridized carbons (Fsp3) is 0. The van der Waals surface area contributed by atoms with Crippen molar-refractivity contribution in [2.75, 3.05) is 0 Å². The molecule has 0 atom stereocenters. The van der Waals surface area contributed by atoms with E-state index in [0.29, 0.717) is 0 Å². The van der Waals surface area contributed by atoms with E-state index in [0.717, 1.165) is 33.1 Å². The monoisotopic (exact) mass is 267 g/mol. The first-order chi connectivity index (χ1) is 10.4. The van der Waals surface area contributed by atoms with Crippen molar-refractivity contribution in [1.29, 1.82) is 0 Å². The summed E-state index contributed by atoms with van der Waals surface area (Å²) in [4.78, 5) is 0. The van der Waals surface area contributed by atoms with Gasteiger partial charge in [-0.1, -0.05) is 54.3 Å². The number of benzene rings is 3. The van der Waals surface area contributed by atoms with Gasteiger partial charge in [0.1, 0.15) is 11.2 Å². The van der Waals surface area contributed by atoms with Crippen LogP contribution in [0.2, 0.25) is 0 Å². The minimum absolute atomic E-state index is 0.875. The molecule has 1 radical (unpaired) electrons. The van der Waals surface area contributed by atoms with Gasteiger partial charge < -0.3 is 4.42 Å². The second-order valence-corrected chi connectivity index (χ2v) is 4.80. The molecule has 0 aliphatic heterocycles. The third-order valence-corrected chi connectivity index (χ3v) is 3.44. The van der Waals surface area contributed by atoms with Crippen molar-refractivity contribution in [3.05, 3.63) is 83.9 Å². The predicted molar refractivity (Wildman–Crippen MR) is 85.0 cm³/mol. The molecule has 0 saturated heterocycles. The Morgan fingerprint density at radius 3 is 2.52 bits per heavy atom. The summed E-state index contributed by atoms with van der Waals surface area (Å²) in [6, 6.07) is 24.9. The smallest absolute Gasteiger partial charge is 0.136 e. The Kier molecular flexibility index (Phi) is 2.73. The largest absolute Gasteiger partial charge is 0.456 e. The summed E-state index contributed by atoms with van der Waals surface area (Å²) >= 11 is 0. The van der Waals surface area contributed by atoms with E-state index in [1.54, 1.807) is 0 Å². The first-order valence-corrected chi connectivity index (χ1v) is 6.81. The molecule has 3 aromatic carbocycles. The highest BCUT2D eigenvalue weighted by Gasteiger charge is 2.08. The fourth-order valence-corrected chi connectivity index (χ4v) is 2.48. The van der Waals surface area contributed by atoms with E-state index in [1.165, 1.54) is 0 Å². The quantitative estimate of drug-likeness (QED) is 0.418. The molecule has 1 aromatic heterocycles. The molecule has 0 aliphatic carbocycles. The van der Waals surface area contributed by atoms with Crippen LogP contribution in [-0.2, 0) is 0 Å². The molecule has 0 aliphatic rings. The molecule has 0 unspecified atom stereocenters. The average molecular weight is 267 g/mol. The van der Waals surface area contributed by atoms with Crippen molar-refractivity contribution >= 4 is 21.9 Å². The summed E-state index contributed by atoms with van der Waals surface area (Å²) in [6.45, 7) is 0. The van der Waals surface area contributed by atoms with Gasteiger partial charge >= 0.3 is 0 Å². The van der Waals surface area contributed by atoms with Crippen LogP contribution in [-0.4, -0.2) is 0 Å². The Balaban J connectivity index is 1.95. The minimum Gasteiger partial charge on any atom is -0.456 e. The highest BCUT2D eigenvalue weighted by atomic mass is 16.3. The van der Waals surface area contributed by atoms with Gasteiger partial charge in [-0.3, -0.25) is 0 Å². The lowest BCUT2D eigenvalue weighted by Crippen LogP contribution is -1.78. The maximum atomic E-state index is 5.87. The number of hydrogen-bond donors (Lipinski definition) is 0. The molecule has 4 aromatic rings. The summed E-state index contributed by atoms with van der Waals surface area (Å²) in [5.74, 6) is 6.40. The lowest BCUT2D eigenvalue weighted by atomic mass is 10.1. The summed E-state index contributed by atoms with van der Waals surface area (Å²) in [5.41, 5.74) is 3.64. The topological polar surface area (TPSA) is 13.1 Å². The molecular formula is C20H11O. The van der Waals surface area contributed by atoms with Crippen LogP contribution in [0, 0.1) is 17.9 Å². The van der Waals surface area contributed by atoms with Gasteiger partial charge in [0, 0.05) is 21.9 Å². The third-order valence-electron chi connectivity index (χ3n) is 3.44. The lowest BCUT2D eigenvalue weighted by molar-refractivity contribution is 0.669. The number of fused-ring (bicyclic) bond motifs is 3. The Bertz CT molecular complexity index is 982. The molecule has 0 saturated carbocycles. The van der Waals surface area contributed by atoms with Crippen molar-refractivity contribution in [1.82, 2.24) is 0 Å². The van der Waals surface area contributed by atoms with Crippen molar-refractivity contribution in [2.24, 2.45) is 0 Å². The van der Waals surface area contributed by atoms with Crippen molar-refractivity contribution < 1.29 is 4.42 Å². The Hall–Kier alpha value is -2.98. The van der Waals surface area contributed by atoms with Crippen molar-refractivity contribution in [3.63, 3.8) is 0 Å². The first-order valence-electron chi connectivity index (χ1n) is 6.81. The summed E-state index contributed by atoms with van der Waals surface area (Å²) in [5, 5.41) is 2.19. The first kappa shape index (κ1) is 11.8. The van der Waals surface area contributed by atoms with Crippen LogP contribution in [0.15, 0.2) is 71.1 Å². The SMILES string of the molecule is C(#Cc1cccc2oc3ccccc3c12)c1[c]cccc1. The Labute approximate surface area is 122 Å². The molecule has 1 heterocycles. The Morgan fingerprint density at radius 1 is 0.762 bits per heavy atom.